The molecular weight excluding hydrogens is 262 g/mol. The lowest BCUT2D eigenvalue weighted by Crippen LogP contribution is -2.18. The van der Waals surface area contributed by atoms with Crippen LogP contribution in [-0.4, -0.2) is 14.2 Å². The molecule has 0 aliphatic heterocycles. The normalized spacial score (nSPS) is 12.6. The fourth-order valence-electron chi connectivity index (χ4n) is 2.00. The Balaban J connectivity index is 2.08. The molecule has 3 nitrogen and oxygen atoms in total. The van der Waals surface area contributed by atoms with Gasteiger partial charge in [0.15, 0.2) is 0 Å². The Kier molecular flexibility index (Phi) is 5.02. The van der Waals surface area contributed by atoms with Crippen molar-refractivity contribution in [2.24, 2.45) is 0 Å². The molecule has 0 amide bonds. The van der Waals surface area contributed by atoms with E-state index >= 15 is 0 Å². The van der Waals surface area contributed by atoms with Gasteiger partial charge in [-0.05, 0) is 43.3 Å². The highest BCUT2D eigenvalue weighted by Crippen LogP contribution is 2.22. The van der Waals surface area contributed by atoms with E-state index < -0.39 is 0 Å². The second-order valence-electron chi connectivity index (χ2n) is 4.41. The van der Waals surface area contributed by atoms with Gasteiger partial charge < -0.3 is 14.5 Å². The van der Waals surface area contributed by atoms with Gasteiger partial charge in [0, 0.05) is 12.1 Å². The van der Waals surface area contributed by atoms with Crippen molar-refractivity contribution in [1.82, 2.24) is 5.32 Å². The molecule has 1 heterocycles. The number of halogens is 1. The molecule has 0 saturated carbocycles. The SMILES string of the molecule is CNC(Cc1ccc(Cl)cc1)c1ccc(COC)o1. The fourth-order valence-corrected chi connectivity index (χ4v) is 2.13. The van der Waals surface area contributed by atoms with Gasteiger partial charge in [-0.15, -0.1) is 0 Å². The van der Waals surface area contributed by atoms with E-state index in [0.717, 1.165) is 23.0 Å². The molecule has 0 aliphatic rings. The van der Waals surface area contributed by atoms with E-state index in [1.165, 1.54) is 5.56 Å². The summed E-state index contributed by atoms with van der Waals surface area (Å²) in [5.74, 6) is 1.76. The molecule has 1 aromatic heterocycles. The number of ether oxygens (including phenoxy) is 1. The fraction of sp³-hybridized carbons (Fsp3) is 0.333. The van der Waals surface area contributed by atoms with Crippen molar-refractivity contribution in [3.63, 3.8) is 0 Å². The average molecular weight is 280 g/mol. The Morgan fingerprint density at radius 2 is 1.95 bits per heavy atom. The average Bonchev–Trinajstić information content (AvgIpc) is 2.87. The third-order valence-corrected chi connectivity index (χ3v) is 3.27. The summed E-state index contributed by atoms with van der Waals surface area (Å²) in [7, 11) is 3.59. The molecule has 1 atom stereocenters. The van der Waals surface area contributed by atoms with Crippen LogP contribution in [0.2, 0.25) is 5.02 Å². The summed E-state index contributed by atoms with van der Waals surface area (Å²) in [5.41, 5.74) is 1.22. The van der Waals surface area contributed by atoms with Crippen molar-refractivity contribution in [3.8, 4) is 0 Å². The first-order valence-electron chi connectivity index (χ1n) is 6.22. The number of methoxy groups -OCH3 is 1. The van der Waals surface area contributed by atoms with Crippen molar-refractivity contribution in [1.29, 1.82) is 0 Å². The molecule has 1 unspecified atom stereocenters. The lowest BCUT2D eigenvalue weighted by molar-refractivity contribution is 0.161. The van der Waals surface area contributed by atoms with Gasteiger partial charge in [-0.25, -0.2) is 0 Å². The molecule has 4 heteroatoms. The molecular formula is C15H18ClNO2. The molecule has 0 bridgehead atoms. The maximum atomic E-state index is 5.89. The van der Waals surface area contributed by atoms with Crippen LogP contribution in [0.25, 0.3) is 0 Å². The quantitative estimate of drug-likeness (QED) is 0.878. The predicted molar refractivity (Wildman–Crippen MR) is 76.4 cm³/mol. The Labute approximate surface area is 118 Å². The standard InChI is InChI=1S/C15H18ClNO2/c1-17-14(9-11-3-5-12(16)6-4-11)15-8-7-13(19-15)10-18-2/h3-8,14,17H,9-10H2,1-2H3. The monoisotopic (exact) mass is 279 g/mol. The van der Waals surface area contributed by atoms with Crippen molar-refractivity contribution >= 4 is 11.6 Å². The molecule has 0 saturated heterocycles. The zero-order valence-corrected chi connectivity index (χ0v) is 11.9. The van der Waals surface area contributed by atoms with Crippen molar-refractivity contribution < 1.29 is 9.15 Å². The third-order valence-electron chi connectivity index (χ3n) is 3.01. The van der Waals surface area contributed by atoms with Crippen molar-refractivity contribution in [2.45, 2.75) is 19.1 Å². The summed E-state index contributed by atoms with van der Waals surface area (Å²) in [6.07, 6.45) is 0.855. The van der Waals surface area contributed by atoms with Gasteiger partial charge in [-0.2, -0.15) is 0 Å². The molecule has 1 N–H and O–H groups in total. The van der Waals surface area contributed by atoms with Crippen LogP contribution in [-0.2, 0) is 17.8 Å². The minimum atomic E-state index is 0.145. The molecule has 0 radical (unpaired) electrons. The highest BCUT2D eigenvalue weighted by molar-refractivity contribution is 6.30. The zero-order valence-electron chi connectivity index (χ0n) is 11.2. The third kappa shape index (κ3) is 3.83. The van der Waals surface area contributed by atoms with E-state index in [1.807, 2.05) is 43.4 Å². The molecule has 1 aromatic carbocycles. The predicted octanol–water partition coefficient (Wildman–Crippen LogP) is 3.58. The van der Waals surface area contributed by atoms with E-state index in [9.17, 15) is 0 Å². The Morgan fingerprint density at radius 1 is 1.21 bits per heavy atom. The van der Waals surface area contributed by atoms with Gasteiger partial charge in [-0.1, -0.05) is 23.7 Å². The second kappa shape index (κ2) is 6.75. The largest absolute Gasteiger partial charge is 0.462 e. The highest BCUT2D eigenvalue weighted by Gasteiger charge is 2.14. The van der Waals surface area contributed by atoms with Crippen molar-refractivity contribution in [2.75, 3.05) is 14.2 Å². The van der Waals surface area contributed by atoms with E-state index in [1.54, 1.807) is 7.11 Å². The number of likely N-dealkylation sites (N-methyl/N-ethyl adjacent to an activating group) is 1. The van der Waals surface area contributed by atoms with Crippen LogP contribution in [0.4, 0.5) is 0 Å². The molecule has 102 valence electrons. The Bertz CT molecular complexity index is 507. The number of benzene rings is 1. The summed E-state index contributed by atoms with van der Waals surface area (Å²) >= 11 is 5.89. The first-order chi connectivity index (χ1) is 9.22. The molecule has 0 aliphatic carbocycles. The number of furan rings is 1. The first kappa shape index (κ1) is 14.1. The van der Waals surface area contributed by atoms with E-state index in [-0.39, 0.29) is 6.04 Å². The smallest absolute Gasteiger partial charge is 0.129 e. The minimum Gasteiger partial charge on any atom is -0.462 e. The van der Waals surface area contributed by atoms with Gasteiger partial charge in [-0.3, -0.25) is 0 Å². The number of nitrogens with one attached hydrogen (secondary N) is 1. The lowest BCUT2D eigenvalue weighted by atomic mass is 10.0. The Morgan fingerprint density at radius 3 is 2.58 bits per heavy atom. The molecule has 2 aromatic rings. The van der Waals surface area contributed by atoms with Crippen LogP contribution in [0.5, 0.6) is 0 Å². The van der Waals surface area contributed by atoms with Gasteiger partial charge in [0.1, 0.15) is 18.1 Å². The van der Waals surface area contributed by atoms with Gasteiger partial charge in [0.05, 0.1) is 6.04 Å². The van der Waals surface area contributed by atoms with E-state index in [2.05, 4.69) is 5.32 Å². The summed E-state index contributed by atoms with van der Waals surface area (Å²) in [4.78, 5) is 0. The first-order valence-corrected chi connectivity index (χ1v) is 6.60. The highest BCUT2D eigenvalue weighted by atomic mass is 35.5. The maximum absolute atomic E-state index is 5.89. The summed E-state index contributed by atoms with van der Waals surface area (Å²) in [6.45, 7) is 0.497. The minimum absolute atomic E-state index is 0.145. The van der Waals surface area contributed by atoms with E-state index in [4.69, 9.17) is 20.8 Å². The van der Waals surface area contributed by atoms with Gasteiger partial charge in [0.2, 0.25) is 0 Å². The number of hydrogen-bond acceptors (Lipinski definition) is 3. The van der Waals surface area contributed by atoms with Crippen LogP contribution >= 0.6 is 11.6 Å². The van der Waals surface area contributed by atoms with Crippen molar-refractivity contribution in [3.05, 3.63) is 58.5 Å². The summed E-state index contributed by atoms with van der Waals surface area (Å²) < 4.78 is 10.8. The number of hydrogen-bond donors (Lipinski definition) is 1. The summed E-state index contributed by atoms with van der Waals surface area (Å²) in [5, 5.41) is 4.02. The lowest BCUT2D eigenvalue weighted by Gasteiger charge is -2.13. The molecule has 19 heavy (non-hydrogen) atoms. The van der Waals surface area contributed by atoms with Crippen LogP contribution in [0, 0.1) is 0 Å². The molecule has 0 fully saturated rings. The molecule has 0 spiro atoms. The van der Waals surface area contributed by atoms with Gasteiger partial charge in [0.25, 0.3) is 0 Å². The van der Waals surface area contributed by atoms with E-state index in [0.29, 0.717) is 6.61 Å². The van der Waals surface area contributed by atoms with Crippen LogP contribution in [0.15, 0.2) is 40.8 Å². The second-order valence-corrected chi connectivity index (χ2v) is 4.85. The number of rotatable bonds is 6. The Hall–Kier alpha value is -1.29. The zero-order chi connectivity index (χ0) is 13.7. The molecule has 2 rings (SSSR count). The summed E-state index contributed by atoms with van der Waals surface area (Å²) in [6, 6.07) is 12.0. The topological polar surface area (TPSA) is 34.4 Å². The maximum Gasteiger partial charge on any atom is 0.129 e. The van der Waals surface area contributed by atoms with Crippen LogP contribution in [0.1, 0.15) is 23.1 Å². The van der Waals surface area contributed by atoms with Gasteiger partial charge >= 0.3 is 0 Å². The van der Waals surface area contributed by atoms with Crippen LogP contribution < -0.4 is 5.32 Å². The van der Waals surface area contributed by atoms with Crippen LogP contribution in [0.3, 0.4) is 0 Å².